The van der Waals surface area contributed by atoms with Crippen molar-refractivity contribution in [1.82, 2.24) is 15.2 Å². The van der Waals surface area contributed by atoms with Crippen LogP contribution in [0, 0.1) is 5.92 Å². The van der Waals surface area contributed by atoms with E-state index in [-0.39, 0.29) is 23.8 Å². The van der Waals surface area contributed by atoms with E-state index >= 15 is 0 Å². The van der Waals surface area contributed by atoms with E-state index < -0.39 is 0 Å². The molecule has 2 aromatic rings. The van der Waals surface area contributed by atoms with Crippen LogP contribution in [0.3, 0.4) is 0 Å². The molecule has 1 fully saturated rings. The number of rotatable bonds is 3. The first-order valence-corrected chi connectivity index (χ1v) is 9.02. The Kier molecular flexibility index (Phi) is 5.11. The van der Waals surface area contributed by atoms with Gasteiger partial charge in [0.1, 0.15) is 0 Å². The molecule has 1 saturated heterocycles. The summed E-state index contributed by atoms with van der Waals surface area (Å²) in [7, 11) is 0. The maximum absolute atomic E-state index is 12.6. The molecule has 0 aliphatic carbocycles. The Morgan fingerprint density at radius 1 is 1.38 bits per heavy atom. The van der Waals surface area contributed by atoms with Gasteiger partial charge in [-0.2, -0.15) is 0 Å². The summed E-state index contributed by atoms with van der Waals surface area (Å²) in [5, 5.41) is 3.01. The van der Waals surface area contributed by atoms with Gasteiger partial charge in [0.2, 0.25) is 11.8 Å². The highest BCUT2D eigenvalue weighted by atomic mass is 32.1. The highest BCUT2D eigenvalue weighted by Crippen LogP contribution is 2.22. The van der Waals surface area contributed by atoms with E-state index in [4.69, 9.17) is 5.73 Å². The molecule has 3 N–H and O–H groups in total. The van der Waals surface area contributed by atoms with Crippen LogP contribution in [0.1, 0.15) is 25.3 Å². The zero-order valence-electron chi connectivity index (χ0n) is 13.7. The number of nitrogens with zero attached hydrogens (tertiary/aromatic N) is 2. The molecule has 0 spiro atoms. The van der Waals surface area contributed by atoms with Gasteiger partial charge >= 0.3 is 0 Å². The van der Waals surface area contributed by atoms with Crippen molar-refractivity contribution in [1.29, 1.82) is 0 Å². The van der Waals surface area contributed by atoms with E-state index in [2.05, 4.69) is 10.3 Å². The lowest BCUT2D eigenvalue weighted by Crippen LogP contribution is -2.42. The Morgan fingerprint density at radius 3 is 3.00 bits per heavy atom. The number of nitrogens with two attached hydrogens (primary N) is 1. The fourth-order valence-corrected chi connectivity index (χ4v) is 3.91. The molecule has 2 amide bonds. The Labute approximate surface area is 145 Å². The molecule has 6 nitrogen and oxygen atoms in total. The maximum Gasteiger partial charge on any atom is 0.225 e. The smallest absolute Gasteiger partial charge is 0.225 e. The molecule has 24 heavy (non-hydrogen) atoms. The molecule has 1 aliphatic rings. The van der Waals surface area contributed by atoms with Crippen molar-refractivity contribution in [3.63, 3.8) is 0 Å². The largest absolute Gasteiger partial charge is 0.352 e. The molecule has 1 aliphatic heterocycles. The highest BCUT2D eigenvalue weighted by molar-refractivity contribution is 7.16. The Hall–Kier alpha value is -1.99. The normalized spacial score (nSPS) is 21.5. The van der Waals surface area contributed by atoms with Crippen LogP contribution < -0.4 is 11.1 Å². The first-order chi connectivity index (χ1) is 11.5. The van der Waals surface area contributed by atoms with Gasteiger partial charge in [0, 0.05) is 32.6 Å². The highest BCUT2D eigenvalue weighted by Gasteiger charge is 2.28. The molecule has 0 saturated carbocycles. The zero-order valence-corrected chi connectivity index (χ0v) is 14.5. The van der Waals surface area contributed by atoms with Gasteiger partial charge in [-0.3, -0.25) is 9.59 Å². The summed E-state index contributed by atoms with van der Waals surface area (Å²) < 4.78 is 1.10. The molecule has 1 aromatic heterocycles. The minimum Gasteiger partial charge on any atom is -0.352 e. The van der Waals surface area contributed by atoms with Crippen LogP contribution in [0.15, 0.2) is 23.7 Å². The third kappa shape index (κ3) is 3.73. The van der Waals surface area contributed by atoms with Crippen LogP contribution in [-0.2, 0) is 16.1 Å². The molecular formula is C17H22N4O2S. The predicted octanol–water partition coefficient (Wildman–Crippen LogP) is 1.50. The summed E-state index contributed by atoms with van der Waals surface area (Å²) in [6, 6.07) is 5.86. The fraction of sp³-hybridized carbons (Fsp3) is 0.471. The van der Waals surface area contributed by atoms with Crippen LogP contribution >= 0.6 is 11.3 Å². The van der Waals surface area contributed by atoms with E-state index in [1.54, 1.807) is 16.2 Å². The number of carbonyl (C=O) groups is 2. The molecule has 1 aromatic carbocycles. The molecule has 7 heteroatoms. The van der Waals surface area contributed by atoms with E-state index in [1.807, 2.05) is 23.7 Å². The number of thiazole rings is 1. The molecule has 0 bridgehead atoms. The van der Waals surface area contributed by atoms with Crippen LogP contribution in [0.2, 0.25) is 0 Å². The van der Waals surface area contributed by atoms with Crippen molar-refractivity contribution < 1.29 is 9.59 Å². The lowest BCUT2D eigenvalue weighted by molar-refractivity contribution is -0.131. The van der Waals surface area contributed by atoms with Gasteiger partial charge in [-0.1, -0.05) is 12.1 Å². The number of fused-ring (bicyclic) bond motifs is 1. The van der Waals surface area contributed by atoms with Crippen LogP contribution in [0.5, 0.6) is 0 Å². The summed E-state index contributed by atoms with van der Waals surface area (Å²) >= 11 is 1.58. The molecule has 0 radical (unpaired) electrons. The third-order valence-electron chi connectivity index (χ3n) is 4.49. The number of carbonyl (C=O) groups excluding carboxylic acids is 2. The average Bonchev–Trinajstić information content (AvgIpc) is 2.95. The first kappa shape index (κ1) is 16.9. The van der Waals surface area contributed by atoms with E-state index in [0.29, 0.717) is 26.1 Å². The minimum absolute atomic E-state index is 0.0168. The number of likely N-dealkylation sites (tertiary alicyclic amines) is 1. The van der Waals surface area contributed by atoms with Gasteiger partial charge in [0.25, 0.3) is 0 Å². The van der Waals surface area contributed by atoms with E-state index in [9.17, 15) is 9.59 Å². The van der Waals surface area contributed by atoms with Crippen molar-refractivity contribution in [2.45, 2.75) is 32.4 Å². The number of aromatic nitrogens is 1. The van der Waals surface area contributed by atoms with Crippen molar-refractivity contribution in [2.75, 3.05) is 13.1 Å². The number of nitrogens with one attached hydrogen (secondary N) is 1. The second-order valence-corrected chi connectivity index (χ2v) is 7.15. The average molecular weight is 346 g/mol. The Morgan fingerprint density at radius 2 is 2.21 bits per heavy atom. The minimum atomic E-state index is -0.205. The summed E-state index contributed by atoms with van der Waals surface area (Å²) in [6.07, 6.45) is 1.47. The van der Waals surface area contributed by atoms with Gasteiger partial charge in [-0.05, 0) is 24.5 Å². The summed E-state index contributed by atoms with van der Waals surface area (Å²) in [6.45, 7) is 2.97. The van der Waals surface area contributed by atoms with E-state index in [0.717, 1.165) is 22.2 Å². The zero-order chi connectivity index (χ0) is 17.1. The molecule has 128 valence electrons. The molecule has 2 atom stereocenters. The van der Waals surface area contributed by atoms with Crippen molar-refractivity contribution in [3.05, 3.63) is 29.3 Å². The quantitative estimate of drug-likeness (QED) is 0.881. The predicted molar refractivity (Wildman–Crippen MR) is 94.4 cm³/mol. The molecular weight excluding hydrogens is 324 g/mol. The van der Waals surface area contributed by atoms with Crippen LogP contribution in [-0.4, -0.2) is 40.8 Å². The van der Waals surface area contributed by atoms with Crippen molar-refractivity contribution in [2.24, 2.45) is 11.7 Å². The Bertz CT molecular complexity index is 745. The second-order valence-electron chi connectivity index (χ2n) is 6.29. The van der Waals surface area contributed by atoms with Gasteiger partial charge in [0.15, 0.2) is 0 Å². The van der Waals surface area contributed by atoms with Crippen molar-refractivity contribution >= 4 is 33.4 Å². The second kappa shape index (κ2) is 7.27. The van der Waals surface area contributed by atoms with Gasteiger partial charge < -0.3 is 16.0 Å². The molecule has 3 rings (SSSR count). The molecule has 0 unspecified atom stereocenters. The standard InChI is InChI=1S/C17H22N4O2S/c1-11(22)21-8-13(5-6-14(18)9-21)17(23)19-7-12-3-2-4-15-16(12)24-10-20-15/h2-4,10,13-14H,5-9,18H2,1H3,(H,19,23)/t13-,14+/m1/s1. The monoisotopic (exact) mass is 346 g/mol. The van der Waals surface area contributed by atoms with Crippen LogP contribution in [0.4, 0.5) is 0 Å². The van der Waals surface area contributed by atoms with Crippen LogP contribution in [0.25, 0.3) is 10.2 Å². The van der Waals surface area contributed by atoms with Crippen molar-refractivity contribution in [3.8, 4) is 0 Å². The lowest BCUT2D eigenvalue weighted by atomic mass is 10.0. The lowest BCUT2D eigenvalue weighted by Gasteiger charge is -2.23. The third-order valence-corrected chi connectivity index (χ3v) is 5.41. The van der Waals surface area contributed by atoms with Gasteiger partial charge in [-0.15, -0.1) is 11.3 Å². The van der Waals surface area contributed by atoms with Gasteiger partial charge in [0.05, 0.1) is 21.6 Å². The topological polar surface area (TPSA) is 88.3 Å². The number of benzene rings is 1. The maximum atomic E-state index is 12.6. The first-order valence-electron chi connectivity index (χ1n) is 8.14. The number of hydrogen-bond donors (Lipinski definition) is 2. The molecule has 2 heterocycles. The van der Waals surface area contributed by atoms with Gasteiger partial charge in [-0.25, -0.2) is 4.98 Å². The fourth-order valence-electron chi connectivity index (χ4n) is 3.10. The number of hydrogen-bond acceptors (Lipinski definition) is 5. The number of amides is 2. The summed E-state index contributed by atoms with van der Waals surface area (Å²) in [4.78, 5) is 30.2. The Balaban J connectivity index is 1.65. The summed E-state index contributed by atoms with van der Waals surface area (Å²) in [5.41, 5.74) is 9.84. The SMILES string of the molecule is CC(=O)N1C[C@@H](N)CC[C@@H](C(=O)NCc2cccc3ncsc23)C1. The summed E-state index contributed by atoms with van der Waals surface area (Å²) in [5.74, 6) is -0.250. The van der Waals surface area contributed by atoms with E-state index in [1.165, 1.54) is 6.92 Å².